The summed E-state index contributed by atoms with van der Waals surface area (Å²) < 4.78 is 46.0. The summed E-state index contributed by atoms with van der Waals surface area (Å²) in [5.41, 5.74) is 0.356. The first-order valence-electron chi connectivity index (χ1n) is 11.8. The van der Waals surface area contributed by atoms with Crippen LogP contribution in [0.3, 0.4) is 0 Å². The van der Waals surface area contributed by atoms with Gasteiger partial charge in [-0.2, -0.15) is 18.2 Å². The Balaban J connectivity index is 1.53. The Labute approximate surface area is 197 Å². The van der Waals surface area contributed by atoms with Crippen molar-refractivity contribution in [3.63, 3.8) is 0 Å². The number of hydrogen-bond acceptors (Lipinski definition) is 5. The van der Waals surface area contributed by atoms with Crippen LogP contribution < -0.4 is 10.2 Å². The summed E-state index contributed by atoms with van der Waals surface area (Å²) in [5.74, 6) is 1.45. The maximum atomic E-state index is 13.3. The van der Waals surface area contributed by atoms with Crippen LogP contribution in [0.25, 0.3) is 0 Å². The molecule has 182 valence electrons. The highest BCUT2D eigenvalue weighted by atomic mass is 19.4. The van der Waals surface area contributed by atoms with Gasteiger partial charge in [0.2, 0.25) is 0 Å². The van der Waals surface area contributed by atoms with Crippen molar-refractivity contribution in [2.75, 3.05) is 6.61 Å². The van der Waals surface area contributed by atoms with E-state index >= 15 is 0 Å². The first-order chi connectivity index (χ1) is 16.3. The van der Waals surface area contributed by atoms with Crippen molar-refractivity contribution in [3.8, 4) is 5.75 Å². The topological polar surface area (TPSA) is 54.0 Å². The van der Waals surface area contributed by atoms with Crippen molar-refractivity contribution >= 4 is 0 Å². The number of rotatable bonds is 5. The number of fused-ring (bicyclic) bond motifs is 2. The molecule has 2 fully saturated rings. The molecule has 0 spiro atoms. The van der Waals surface area contributed by atoms with E-state index in [1.54, 1.807) is 5.06 Å². The molecular formula is C26H29F3N2O3. The minimum Gasteiger partial charge on any atom is -0.493 e. The molecule has 5 nitrogen and oxygen atoms in total. The van der Waals surface area contributed by atoms with Crippen LogP contribution >= 0.6 is 0 Å². The number of alkyl halides is 3. The number of nitrogens with zero attached hydrogens (tertiary/aromatic N) is 1. The summed E-state index contributed by atoms with van der Waals surface area (Å²) in [6.45, 7) is 2.48. The molecule has 1 saturated heterocycles. The smallest absolute Gasteiger partial charge is 0.416 e. The second-order valence-corrected chi connectivity index (χ2v) is 9.36. The van der Waals surface area contributed by atoms with Gasteiger partial charge in [0.15, 0.2) is 11.6 Å². The number of benzene rings is 2. The van der Waals surface area contributed by atoms with E-state index in [4.69, 9.17) is 9.57 Å². The van der Waals surface area contributed by atoms with Gasteiger partial charge in [-0.25, -0.2) is 0 Å². The molecule has 2 aromatic carbocycles. The predicted octanol–water partition coefficient (Wildman–Crippen LogP) is 5.20. The minimum atomic E-state index is -4.46. The second-order valence-electron chi connectivity index (χ2n) is 9.36. The summed E-state index contributed by atoms with van der Waals surface area (Å²) in [7, 11) is 0. The van der Waals surface area contributed by atoms with Gasteiger partial charge >= 0.3 is 6.18 Å². The summed E-state index contributed by atoms with van der Waals surface area (Å²) in [4.78, 5) is 6.11. The largest absolute Gasteiger partial charge is 0.493 e. The molecule has 2 N–H and O–H groups in total. The van der Waals surface area contributed by atoms with Gasteiger partial charge in [-0.1, -0.05) is 49.2 Å². The standard InChI is InChI=1S/C26H29F3N2O3/c1-16-20-15-33-24(23(20)17-8-3-2-4-9-17)25(30-21-12-5-6-13-22(21)32)31(16)34-19-11-7-10-18(14-19)26(27,28)29/h2-4,7-11,14,16,20-23,30,32H,5-6,12-13,15H2,1H3/t16?,20?,21-,22-,23?/m1/s1. The van der Waals surface area contributed by atoms with Crippen molar-refractivity contribution < 1.29 is 27.9 Å². The normalized spacial score (nSPS) is 29.1. The van der Waals surface area contributed by atoms with Gasteiger partial charge in [-0.3, -0.25) is 0 Å². The zero-order valence-electron chi connectivity index (χ0n) is 19.0. The highest BCUT2D eigenvalue weighted by Crippen LogP contribution is 2.48. The molecule has 0 amide bonds. The molecule has 2 bridgehead atoms. The molecule has 5 atom stereocenters. The molecule has 2 aliphatic heterocycles. The SMILES string of the molecule is CC1C2COC(=C(N[C@@H]3CCCC[C@H]3O)N1Oc1cccc(C(F)(F)F)c1)C2c1ccccc1. The van der Waals surface area contributed by atoms with E-state index in [0.717, 1.165) is 37.0 Å². The molecule has 0 radical (unpaired) electrons. The fourth-order valence-electron chi connectivity index (χ4n) is 5.31. The van der Waals surface area contributed by atoms with Crippen molar-refractivity contribution in [3.05, 3.63) is 77.3 Å². The van der Waals surface area contributed by atoms with E-state index in [2.05, 4.69) is 17.4 Å². The lowest BCUT2D eigenvalue weighted by Crippen LogP contribution is -2.53. The quantitative estimate of drug-likeness (QED) is 0.624. The van der Waals surface area contributed by atoms with E-state index in [0.29, 0.717) is 24.6 Å². The zero-order valence-corrected chi connectivity index (χ0v) is 19.0. The second kappa shape index (κ2) is 9.06. The van der Waals surface area contributed by atoms with Gasteiger partial charge < -0.3 is 20.0 Å². The lowest BCUT2D eigenvalue weighted by molar-refractivity contribution is -0.138. The molecule has 1 aliphatic carbocycles. The average Bonchev–Trinajstić information content (AvgIpc) is 3.22. The first kappa shape index (κ1) is 22.9. The van der Waals surface area contributed by atoms with Crippen LogP contribution in [-0.2, 0) is 10.9 Å². The maximum absolute atomic E-state index is 13.3. The maximum Gasteiger partial charge on any atom is 0.416 e. The van der Waals surface area contributed by atoms with Gasteiger partial charge in [-0.05, 0) is 43.5 Å². The predicted molar refractivity (Wildman–Crippen MR) is 120 cm³/mol. The summed E-state index contributed by atoms with van der Waals surface area (Å²) in [5, 5.41) is 15.7. The number of aliphatic hydroxyl groups excluding tert-OH is 1. The molecule has 0 aromatic heterocycles. The zero-order chi connectivity index (χ0) is 23.9. The van der Waals surface area contributed by atoms with Crippen LogP contribution in [0.1, 0.15) is 49.7 Å². The molecule has 1 saturated carbocycles. The molecule has 5 rings (SSSR count). The molecule has 2 aromatic rings. The Kier molecular flexibility index (Phi) is 6.10. The van der Waals surface area contributed by atoms with Crippen LogP contribution in [0, 0.1) is 5.92 Å². The fourth-order valence-corrected chi connectivity index (χ4v) is 5.31. The lowest BCUT2D eigenvalue weighted by atomic mass is 9.80. The number of aliphatic hydroxyl groups is 1. The molecule has 2 heterocycles. The van der Waals surface area contributed by atoms with E-state index in [1.807, 2.05) is 25.1 Å². The summed E-state index contributed by atoms with van der Waals surface area (Å²) >= 11 is 0. The summed E-state index contributed by atoms with van der Waals surface area (Å²) in [6.07, 6.45) is -1.51. The molecule has 3 unspecified atom stereocenters. The Morgan fingerprint density at radius 2 is 1.82 bits per heavy atom. The molecule has 34 heavy (non-hydrogen) atoms. The molecular weight excluding hydrogens is 445 g/mol. The Bertz CT molecular complexity index is 1040. The van der Waals surface area contributed by atoms with E-state index in [9.17, 15) is 18.3 Å². The number of nitrogens with one attached hydrogen (secondary N) is 1. The monoisotopic (exact) mass is 474 g/mol. The van der Waals surface area contributed by atoms with Gasteiger partial charge in [0.05, 0.1) is 36.3 Å². The van der Waals surface area contributed by atoms with Gasteiger partial charge in [0.25, 0.3) is 0 Å². The lowest BCUT2D eigenvalue weighted by Gasteiger charge is -2.42. The first-order valence-corrected chi connectivity index (χ1v) is 11.8. The van der Waals surface area contributed by atoms with Crippen LogP contribution in [0.15, 0.2) is 66.2 Å². The third-order valence-electron chi connectivity index (χ3n) is 7.16. The van der Waals surface area contributed by atoms with Crippen LogP contribution in [-0.4, -0.2) is 35.0 Å². The Morgan fingerprint density at radius 1 is 1.06 bits per heavy atom. The molecule has 8 heteroatoms. The number of allylic oxidation sites excluding steroid dienone is 1. The third-order valence-corrected chi connectivity index (χ3v) is 7.16. The van der Waals surface area contributed by atoms with Crippen LogP contribution in [0.2, 0.25) is 0 Å². The Hall–Kier alpha value is -2.87. The fraction of sp³-hybridized carbons (Fsp3) is 0.462. The summed E-state index contributed by atoms with van der Waals surface area (Å²) in [6, 6.07) is 14.6. The highest BCUT2D eigenvalue weighted by Gasteiger charge is 2.49. The van der Waals surface area contributed by atoms with Gasteiger partial charge in [-0.15, -0.1) is 0 Å². The number of hydroxylamine groups is 2. The minimum absolute atomic E-state index is 0.000734. The van der Waals surface area contributed by atoms with Crippen LogP contribution in [0.4, 0.5) is 13.2 Å². The van der Waals surface area contributed by atoms with Gasteiger partial charge in [0, 0.05) is 5.92 Å². The molecule has 3 aliphatic rings. The van der Waals surface area contributed by atoms with E-state index in [-0.39, 0.29) is 29.7 Å². The number of hydrogen-bond donors (Lipinski definition) is 2. The number of halogens is 3. The van der Waals surface area contributed by atoms with Crippen LogP contribution in [0.5, 0.6) is 5.75 Å². The Morgan fingerprint density at radius 3 is 2.56 bits per heavy atom. The average molecular weight is 475 g/mol. The van der Waals surface area contributed by atoms with E-state index < -0.39 is 17.8 Å². The van der Waals surface area contributed by atoms with Gasteiger partial charge in [0.1, 0.15) is 5.76 Å². The van der Waals surface area contributed by atoms with Crippen molar-refractivity contribution in [1.82, 2.24) is 10.4 Å². The van der Waals surface area contributed by atoms with Crippen molar-refractivity contribution in [1.29, 1.82) is 0 Å². The highest BCUT2D eigenvalue weighted by molar-refractivity contribution is 5.36. The number of ether oxygens (including phenoxy) is 1. The van der Waals surface area contributed by atoms with Crippen molar-refractivity contribution in [2.24, 2.45) is 5.92 Å². The van der Waals surface area contributed by atoms with E-state index in [1.165, 1.54) is 12.1 Å². The van der Waals surface area contributed by atoms with Crippen molar-refractivity contribution in [2.45, 2.75) is 62.9 Å². The third kappa shape index (κ3) is 4.31.